The second-order valence-corrected chi connectivity index (χ2v) is 8.66. The Bertz CT molecular complexity index is 464. The third-order valence-electron chi connectivity index (χ3n) is 4.93. The Hall–Kier alpha value is -0.620. The van der Waals surface area contributed by atoms with Crippen molar-refractivity contribution in [2.75, 3.05) is 31.6 Å². The number of piperidine rings is 1. The van der Waals surface area contributed by atoms with Crippen molar-refractivity contribution < 1.29 is 13.2 Å². The van der Waals surface area contributed by atoms with Gasteiger partial charge in [-0.05, 0) is 39.2 Å². The van der Waals surface area contributed by atoms with E-state index in [4.69, 9.17) is 0 Å². The highest BCUT2D eigenvalue weighted by Crippen LogP contribution is 2.21. The Morgan fingerprint density at radius 3 is 2.67 bits per heavy atom. The molecule has 2 heterocycles. The zero-order valence-corrected chi connectivity index (χ0v) is 14.1. The largest absolute Gasteiger partial charge is 0.340 e. The average Bonchev–Trinajstić information content (AvgIpc) is 2.84. The number of rotatable bonds is 5. The first kappa shape index (κ1) is 16.7. The van der Waals surface area contributed by atoms with Crippen LogP contribution >= 0.6 is 0 Å². The van der Waals surface area contributed by atoms with Crippen molar-refractivity contribution in [1.82, 2.24) is 9.80 Å². The van der Waals surface area contributed by atoms with Gasteiger partial charge >= 0.3 is 0 Å². The van der Waals surface area contributed by atoms with E-state index < -0.39 is 9.84 Å². The summed E-state index contributed by atoms with van der Waals surface area (Å²) in [5, 5.41) is 0. The molecular formula is C15H28N2O3S. The second-order valence-electron chi connectivity index (χ2n) is 6.43. The molecule has 0 N–H and O–H groups in total. The van der Waals surface area contributed by atoms with Crippen LogP contribution in [0.25, 0.3) is 0 Å². The van der Waals surface area contributed by atoms with E-state index in [1.54, 1.807) is 0 Å². The molecule has 0 spiro atoms. The lowest BCUT2D eigenvalue weighted by atomic mass is 9.99. The Kier molecular flexibility index (Phi) is 5.66. The smallest absolute Gasteiger partial charge is 0.224 e. The number of hydrogen-bond acceptors (Lipinski definition) is 4. The lowest BCUT2D eigenvalue weighted by molar-refractivity contribution is -0.135. The zero-order chi connectivity index (χ0) is 15.5. The van der Waals surface area contributed by atoms with Gasteiger partial charge in [0.2, 0.25) is 5.91 Å². The first-order chi connectivity index (χ1) is 9.93. The van der Waals surface area contributed by atoms with E-state index in [1.165, 1.54) is 6.42 Å². The van der Waals surface area contributed by atoms with Crippen molar-refractivity contribution >= 4 is 15.7 Å². The molecule has 0 aromatic rings. The molecule has 2 rings (SSSR count). The van der Waals surface area contributed by atoms with Crippen LogP contribution in [0.5, 0.6) is 0 Å². The molecule has 6 heteroatoms. The molecule has 0 aromatic carbocycles. The van der Waals surface area contributed by atoms with Gasteiger partial charge in [-0.3, -0.25) is 4.79 Å². The summed E-state index contributed by atoms with van der Waals surface area (Å²) in [5.74, 6) is 0.771. The van der Waals surface area contributed by atoms with Gasteiger partial charge in [0, 0.05) is 31.6 Å². The molecule has 0 bridgehead atoms. The molecule has 2 saturated heterocycles. The monoisotopic (exact) mass is 316 g/mol. The third kappa shape index (κ3) is 4.42. The number of carbonyl (C=O) groups is 1. The predicted octanol–water partition coefficient (Wildman–Crippen LogP) is 1.29. The number of amides is 1. The van der Waals surface area contributed by atoms with Crippen LogP contribution < -0.4 is 0 Å². The van der Waals surface area contributed by atoms with Gasteiger partial charge in [0.05, 0.1) is 11.5 Å². The molecule has 2 unspecified atom stereocenters. The van der Waals surface area contributed by atoms with Crippen molar-refractivity contribution in [1.29, 1.82) is 0 Å². The standard InChI is InChI=1S/C15H28N2O3S/c1-3-13-6-4-5-9-17(13)15(18)7-10-16(2)14-8-11-21(19,20)12-14/h13-14H,3-12H2,1-2H3. The van der Waals surface area contributed by atoms with E-state index in [1.807, 2.05) is 16.8 Å². The Balaban J connectivity index is 1.80. The van der Waals surface area contributed by atoms with E-state index in [2.05, 4.69) is 6.92 Å². The van der Waals surface area contributed by atoms with Crippen LogP contribution in [0.2, 0.25) is 0 Å². The van der Waals surface area contributed by atoms with Crippen LogP contribution in [-0.2, 0) is 14.6 Å². The van der Waals surface area contributed by atoms with Crippen LogP contribution in [0, 0.1) is 0 Å². The van der Waals surface area contributed by atoms with Crippen LogP contribution in [0.4, 0.5) is 0 Å². The molecule has 0 aliphatic carbocycles. The van der Waals surface area contributed by atoms with Crippen LogP contribution in [0.1, 0.15) is 45.4 Å². The summed E-state index contributed by atoms with van der Waals surface area (Å²) in [6.45, 7) is 3.69. The van der Waals surface area contributed by atoms with E-state index in [9.17, 15) is 13.2 Å². The lowest BCUT2D eigenvalue weighted by Gasteiger charge is -2.36. The Morgan fingerprint density at radius 1 is 1.29 bits per heavy atom. The number of nitrogens with zero attached hydrogens (tertiary/aromatic N) is 2. The van der Waals surface area contributed by atoms with Gasteiger partial charge < -0.3 is 9.80 Å². The normalized spacial score (nSPS) is 29.0. The molecule has 0 radical (unpaired) electrons. The fourth-order valence-electron chi connectivity index (χ4n) is 3.47. The predicted molar refractivity (Wildman–Crippen MR) is 83.9 cm³/mol. The first-order valence-electron chi connectivity index (χ1n) is 8.13. The second kappa shape index (κ2) is 7.09. The van der Waals surface area contributed by atoms with Gasteiger partial charge in [-0.15, -0.1) is 0 Å². The minimum Gasteiger partial charge on any atom is -0.340 e. The van der Waals surface area contributed by atoms with Gasteiger partial charge in [-0.1, -0.05) is 6.92 Å². The molecule has 0 saturated carbocycles. The van der Waals surface area contributed by atoms with Gasteiger partial charge in [-0.2, -0.15) is 0 Å². The van der Waals surface area contributed by atoms with E-state index in [-0.39, 0.29) is 17.7 Å². The fourth-order valence-corrected chi connectivity index (χ4v) is 5.28. The molecule has 2 fully saturated rings. The summed E-state index contributed by atoms with van der Waals surface area (Å²) in [6, 6.07) is 0.495. The van der Waals surface area contributed by atoms with Gasteiger partial charge in [0.1, 0.15) is 0 Å². The average molecular weight is 316 g/mol. The summed E-state index contributed by atoms with van der Waals surface area (Å²) in [7, 11) is -0.912. The molecular weight excluding hydrogens is 288 g/mol. The van der Waals surface area contributed by atoms with E-state index in [0.29, 0.717) is 31.2 Å². The highest BCUT2D eigenvalue weighted by atomic mass is 32.2. The van der Waals surface area contributed by atoms with Crippen LogP contribution in [0.3, 0.4) is 0 Å². The maximum atomic E-state index is 12.4. The lowest BCUT2D eigenvalue weighted by Crippen LogP contribution is -2.45. The molecule has 0 aromatic heterocycles. The quantitative estimate of drug-likeness (QED) is 0.767. The maximum absolute atomic E-state index is 12.4. The first-order valence-corrected chi connectivity index (χ1v) is 9.95. The maximum Gasteiger partial charge on any atom is 0.224 e. The fraction of sp³-hybridized carbons (Fsp3) is 0.933. The zero-order valence-electron chi connectivity index (χ0n) is 13.3. The summed E-state index contributed by atoms with van der Waals surface area (Å²) in [4.78, 5) is 16.5. The minimum absolute atomic E-state index is 0.0890. The third-order valence-corrected chi connectivity index (χ3v) is 6.68. The van der Waals surface area contributed by atoms with Crippen LogP contribution in [-0.4, -0.2) is 67.9 Å². The Morgan fingerprint density at radius 2 is 2.05 bits per heavy atom. The highest BCUT2D eigenvalue weighted by molar-refractivity contribution is 7.91. The molecule has 21 heavy (non-hydrogen) atoms. The Labute approximate surface area is 128 Å². The molecule has 1 amide bonds. The van der Waals surface area contributed by atoms with Gasteiger partial charge in [0.15, 0.2) is 9.84 Å². The highest BCUT2D eigenvalue weighted by Gasteiger charge is 2.31. The number of carbonyl (C=O) groups excluding carboxylic acids is 1. The van der Waals surface area contributed by atoms with E-state index in [0.717, 1.165) is 25.8 Å². The summed E-state index contributed by atoms with van der Waals surface area (Å²) in [5.41, 5.74) is 0. The van der Waals surface area contributed by atoms with Crippen molar-refractivity contribution in [3.8, 4) is 0 Å². The molecule has 122 valence electrons. The van der Waals surface area contributed by atoms with E-state index >= 15 is 0 Å². The van der Waals surface area contributed by atoms with Gasteiger partial charge in [0.25, 0.3) is 0 Å². The van der Waals surface area contributed by atoms with Crippen molar-refractivity contribution in [2.24, 2.45) is 0 Å². The van der Waals surface area contributed by atoms with Crippen molar-refractivity contribution in [2.45, 2.75) is 57.5 Å². The number of hydrogen-bond donors (Lipinski definition) is 0. The summed E-state index contributed by atoms with van der Waals surface area (Å²) >= 11 is 0. The van der Waals surface area contributed by atoms with Crippen molar-refractivity contribution in [3.05, 3.63) is 0 Å². The summed E-state index contributed by atoms with van der Waals surface area (Å²) in [6.07, 6.45) is 5.69. The number of sulfone groups is 1. The minimum atomic E-state index is -2.85. The SMILES string of the molecule is CCC1CCCCN1C(=O)CCN(C)C1CCS(=O)(=O)C1. The van der Waals surface area contributed by atoms with Crippen molar-refractivity contribution in [3.63, 3.8) is 0 Å². The van der Waals surface area contributed by atoms with Crippen LogP contribution in [0.15, 0.2) is 0 Å². The molecule has 5 nitrogen and oxygen atoms in total. The topological polar surface area (TPSA) is 57.7 Å². The number of likely N-dealkylation sites (tertiary alicyclic amines) is 1. The summed E-state index contributed by atoms with van der Waals surface area (Å²) < 4.78 is 23.0. The molecule has 2 aliphatic rings. The molecule has 2 atom stereocenters. The molecule has 2 aliphatic heterocycles. The van der Waals surface area contributed by atoms with Gasteiger partial charge in [-0.25, -0.2) is 8.42 Å².